The Labute approximate surface area is 121 Å². The Balaban J connectivity index is 2.21. The minimum atomic E-state index is -0.261. The fourth-order valence-electron chi connectivity index (χ4n) is 1.55. The molecule has 0 fully saturated rings. The molecule has 6 heteroatoms. The van der Waals surface area contributed by atoms with Crippen LogP contribution < -0.4 is 10.6 Å². The predicted molar refractivity (Wildman–Crippen MR) is 80.3 cm³/mol. The smallest absolute Gasteiger partial charge is 0.247 e. The number of anilines is 3. The van der Waals surface area contributed by atoms with Crippen molar-refractivity contribution in [2.24, 2.45) is 0 Å². The highest BCUT2D eigenvalue weighted by molar-refractivity contribution is 6.28. The molecule has 102 valence electrons. The van der Waals surface area contributed by atoms with Gasteiger partial charge in [0.2, 0.25) is 11.2 Å². The van der Waals surface area contributed by atoms with E-state index < -0.39 is 0 Å². The zero-order chi connectivity index (χ0) is 14.5. The van der Waals surface area contributed by atoms with Gasteiger partial charge < -0.3 is 10.6 Å². The number of rotatable bonds is 4. The lowest BCUT2D eigenvalue weighted by Crippen LogP contribution is -2.07. The molecule has 0 radical (unpaired) electrons. The van der Waals surface area contributed by atoms with Gasteiger partial charge in [-0.3, -0.25) is 4.79 Å². The van der Waals surface area contributed by atoms with E-state index in [1.807, 2.05) is 19.1 Å². The van der Waals surface area contributed by atoms with Crippen molar-refractivity contribution in [3.05, 3.63) is 54.0 Å². The van der Waals surface area contributed by atoms with Crippen LogP contribution in [0.15, 0.2) is 43.1 Å². The third-order valence-electron chi connectivity index (χ3n) is 2.52. The van der Waals surface area contributed by atoms with E-state index in [1.54, 1.807) is 18.3 Å². The second-order valence-corrected chi connectivity index (χ2v) is 4.41. The Morgan fingerprint density at radius 3 is 2.90 bits per heavy atom. The van der Waals surface area contributed by atoms with E-state index in [9.17, 15) is 4.79 Å². The quantitative estimate of drug-likeness (QED) is 0.669. The number of halogens is 1. The first-order chi connectivity index (χ1) is 9.58. The monoisotopic (exact) mass is 288 g/mol. The number of carbonyl (C=O) groups is 1. The van der Waals surface area contributed by atoms with Crippen molar-refractivity contribution in [1.29, 1.82) is 0 Å². The number of hydrogen-bond acceptors (Lipinski definition) is 4. The minimum Gasteiger partial charge on any atom is -0.340 e. The van der Waals surface area contributed by atoms with Gasteiger partial charge in [0, 0.05) is 23.1 Å². The molecule has 20 heavy (non-hydrogen) atoms. The van der Waals surface area contributed by atoms with Gasteiger partial charge in [0.1, 0.15) is 5.82 Å². The summed E-state index contributed by atoms with van der Waals surface area (Å²) in [5.74, 6) is 0.362. The van der Waals surface area contributed by atoms with Gasteiger partial charge in [0.25, 0.3) is 0 Å². The Bertz CT molecular complexity index is 657. The van der Waals surface area contributed by atoms with E-state index in [2.05, 4.69) is 27.2 Å². The Kier molecular flexibility index (Phi) is 4.32. The molecule has 5 nitrogen and oxygen atoms in total. The van der Waals surface area contributed by atoms with Crippen LogP contribution in [-0.4, -0.2) is 15.9 Å². The maximum absolute atomic E-state index is 11.3. The lowest BCUT2D eigenvalue weighted by molar-refractivity contribution is -0.111. The number of benzene rings is 1. The lowest BCUT2D eigenvalue weighted by atomic mass is 10.2. The van der Waals surface area contributed by atoms with Crippen LogP contribution >= 0.6 is 11.6 Å². The van der Waals surface area contributed by atoms with Crippen LogP contribution in [0, 0.1) is 6.92 Å². The van der Waals surface area contributed by atoms with E-state index in [4.69, 9.17) is 11.6 Å². The van der Waals surface area contributed by atoms with Gasteiger partial charge in [-0.15, -0.1) is 0 Å². The van der Waals surface area contributed by atoms with Crippen molar-refractivity contribution in [3.63, 3.8) is 0 Å². The van der Waals surface area contributed by atoms with Gasteiger partial charge in [-0.05, 0) is 42.8 Å². The van der Waals surface area contributed by atoms with Gasteiger partial charge in [-0.25, -0.2) is 9.97 Å². The fourth-order valence-corrected chi connectivity index (χ4v) is 1.69. The van der Waals surface area contributed by atoms with Crippen molar-refractivity contribution in [1.82, 2.24) is 9.97 Å². The van der Waals surface area contributed by atoms with Gasteiger partial charge in [0.15, 0.2) is 0 Å². The van der Waals surface area contributed by atoms with E-state index in [0.717, 1.165) is 11.3 Å². The number of nitrogens with one attached hydrogen (secondary N) is 2. The third kappa shape index (κ3) is 3.55. The average Bonchev–Trinajstić information content (AvgIpc) is 2.43. The molecule has 1 amide bonds. The molecule has 0 aliphatic rings. The molecule has 0 atom stereocenters. The molecule has 2 rings (SSSR count). The normalized spacial score (nSPS) is 9.90. The van der Waals surface area contributed by atoms with E-state index >= 15 is 0 Å². The topological polar surface area (TPSA) is 66.9 Å². The number of nitrogens with zero attached hydrogens (tertiary/aromatic N) is 2. The number of carbonyl (C=O) groups excluding carboxylic acids is 1. The predicted octanol–water partition coefficient (Wildman–Crippen LogP) is 3.31. The maximum atomic E-state index is 11.3. The summed E-state index contributed by atoms with van der Waals surface area (Å²) in [6.07, 6.45) is 2.86. The van der Waals surface area contributed by atoms with Crippen LogP contribution in [0.5, 0.6) is 0 Å². The summed E-state index contributed by atoms with van der Waals surface area (Å²) in [5, 5.41) is 6.00. The van der Waals surface area contributed by atoms with Crippen molar-refractivity contribution in [3.8, 4) is 0 Å². The van der Waals surface area contributed by atoms with Crippen LogP contribution in [0.4, 0.5) is 17.2 Å². The van der Waals surface area contributed by atoms with Gasteiger partial charge in [0.05, 0.1) is 0 Å². The molecule has 0 bridgehead atoms. The summed E-state index contributed by atoms with van der Waals surface area (Å²) in [5.41, 5.74) is 2.32. The molecule has 0 saturated carbocycles. The van der Waals surface area contributed by atoms with Crippen molar-refractivity contribution in [2.45, 2.75) is 6.92 Å². The van der Waals surface area contributed by atoms with E-state index in [0.29, 0.717) is 11.5 Å². The van der Waals surface area contributed by atoms with Crippen LogP contribution in [0.25, 0.3) is 0 Å². The summed E-state index contributed by atoms with van der Waals surface area (Å²) in [6, 6.07) is 7.25. The zero-order valence-corrected chi connectivity index (χ0v) is 11.6. The molecule has 0 aliphatic carbocycles. The SMILES string of the molecule is C=CC(=O)Nc1cccc(Nc2nc(Cl)ncc2C)c1. The molecule has 0 saturated heterocycles. The van der Waals surface area contributed by atoms with Crippen LogP contribution in [0.3, 0.4) is 0 Å². The second kappa shape index (κ2) is 6.16. The molecule has 0 aliphatic heterocycles. The number of aromatic nitrogens is 2. The molecule has 1 aromatic heterocycles. The third-order valence-corrected chi connectivity index (χ3v) is 2.70. The van der Waals surface area contributed by atoms with Crippen molar-refractivity contribution < 1.29 is 4.79 Å². The van der Waals surface area contributed by atoms with Crippen LogP contribution in [0.1, 0.15) is 5.56 Å². The molecule has 1 aromatic carbocycles. The highest BCUT2D eigenvalue weighted by atomic mass is 35.5. The van der Waals surface area contributed by atoms with Crippen molar-refractivity contribution >= 4 is 34.7 Å². The summed E-state index contributed by atoms with van der Waals surface area (Å²) in [4.78, 5) is 19.3. The molecule has 0 unspecified atom stereocenters. The largest absolute Gasteiger partial charge is 0.340 e. The highest BCUT2D eigenvalue weighted by Crippen LogP contribution is 2.21. The Morgan fingerprint density at radius 1 is 1.40 bits per heavy atom. The van der Waals surface area contributed by atoms with Crippen molar-refractivity contribution in [2.75, 3.05) is 10.6 Å². The number of hydrogen-bond donors (Lipinski definition) is 2. The minimum absolute atomic E-state index is 0.175. The maximum Gasteiger partial charge on any atom is 0.247 e. The summed E-state index contributed by atoms with van der Waals surface area (Å²) in [6.45, 7) is 5.29. The molecular formula is C14H13ClN4O. The highest BCUT2D eigenvalue weighted by Gasteiger charge is 2.04. The number of aryl methyl sites for hydroxylation is 1. The van der Waals surface area contributed by atoms with E-state index in [-0.39, 0.29) is 11.2 Å². The first-order valence-electron chi connectivity index (χ1n) is 5.88. The average molecular weight is 289 g/mol. The molecular weight excluding hydrogens is 276 g/mol. The molecule has 1 heterocycles. The standard InChI is InChI=1S/C14H13ClN4O/c1-3-12(20)17-10-5-4-6-11(7-10)18-13-9(2)8-16-14(15)19-13/h3-8H,1H2,2H3,(H,17,20)(H,16,18,19). The second-order valence-electron chi connectivity index (χ2n) is 4.07. The first-order valence-corrected chi connectivity index (χ1v) is 6.26. The summed E-state index contributed by atoms with van der Waals surface area (Å²) >= 11 is 5.77. The number of amides is 1. The summed E-state index contributed by atoms with van der Waals surface area (Å²) < 4.78 is 0. The molecule has 0 spiro atoms. The van der Waals surface area contributed by atoms with E-state index in [1.165, 1.54) is 6.08 Å². The van der Waals surface area contributed by atoms with Gasteiger partial charge >= 0.3 is 0 Å². The van der Waals surface area contributed by atoms with Crippen LogP contribution in [-0.2, 0) is 4.79 Å². The van der Waals surface area contributed by atoms with Gasteiger partial charge in [-0.1, -0.05) is 12.6 Å². The molecule has 2 aromatic rings. The Morgan fingerprint density at radius 2 is 2.15 bits per heavy atom. The molecule has 2 N–H and O–H groups in total. The lowest BCUT2D eigenvalue weighted by Gasteiger charge is -2.10. The zero-order valence-electron chi connectivity index (χ0n) is 10.9. The Hall–Kier alpha value is -2.40. The fraction of sp³-hybridized carbons (Fsp3) is 0.0714. The van der Waals surface area contributed by atoms with Gasteiger partial charge in [-0.2, -0.15) is 0 Å². The first kappa shape index (κ1) is 14.0. The summed E-state index contributed by atoms with van der Waals surface area (Å²) in [7, 11) is 0. The van der Waals surface area contributed by atoms with Crippen LogP contribution in [0.2, 0.25) is 5.28 Å².